The second-order valence-electron chi connectivity index (χ2n) is 31.1. The van der Waals surface area contributed by atoms with E-state index in [1.165, 1.54) is 65.2 Å². The molecule has 568 valence electrons. The van der Waals surface area contributed by atoms with Crippen LogP contribution in [-0.4, -0.2) is 48.2 Å². The first-order chi connectivity index (χ1) is 60.5. The Bertz CT molecular complexity index is 8310. The molecule has 0 aliphatic heterocycles. The lowest BCUT2D eigenvalue weighted by molar-refractivity contribution is 0.669. The fourth-order valence-electron chi connectivity index (χ4n) is 19.0. The van der Waals surface area contributed by atoms with Crippen LogP contribution in [0.4, 0.5) is 0 Å². The average molecular weight is 1560 g/mol. The van der Waals surface area contributed by atoms with E-state index in [-0.39, 0.29) is 0 Å². The summed E-state index contributed by atoms with van der Waals surface area (Å²) < 4.78 is 23.1. The maximum absolute atomic E-state index is 6.77. The summed E-state index contributed by atoms with van der Waals surface area (Å²) in [5.74, 6) is 3.67. The minimum absolute atomic E-state index is 0.595. The number of para-hydroxylation sites is 6. The summed E-state index contributed by atoms with van der Waals surface area (Å²) in [7, 11) is 0. The molecule has 26 rings (SSSR count). The van der Waals surface area contributed by atoms with Crippen LogP contribution < -0.4 is 0 Å². The molecule has 0 aliphatic rings. The van der Waals surface area contributed by atoms with Gasteiger partial charge in [0.05, 0.1) is 44.1 Å². The highest BCUT2D eigenvalue weighted by Crippen LogP contribution is 2.48. The molecule has 0 aliphatic carbocycles. The molecular weight excluding hydrogens is 1490 g/mol. The molecule has 12 nitrogen and oxygen atoms in total. The van der Waals surface area contributed by atoms with Crippen LogP contribution in [0.15, 0.2) is 409 Å². The van der Waals surface area contributed by atoms with E-state index in [1.54, 1.807) is 0 Å². The van der Waals surface area contributed by atoms with Crippen molar-refractivity contribution in [2.24, 2.45) is 0 Å². The van der Waals surface area contributed by atoms with E-state index in [1.807, 2.05) is 121 Å². The molecule has 0 saturated heterocycles. The Morgan fingerprint density at radius 3 is 0.803 bits per heavy atom. The van der Waals surface area contributed by atoms with Gasteiger partial charge in [0.15, 0.2) is 34.9 Å². The number of aromatic nitrogens is 10. The third kappa shape index (κ3) is 10.8. The third-order valence-electron chi connectivity index (χ3n) is 24.3. The lowest BCUT2D eigenvalue weighted by Crippen LogP contribution is -2.00. The van der Waals surface area contributed by atoms with Gasteiger partial charge in [-0.3, -0.25) is 0 Å². The summed E-state index contributed by atoms with van der Waals surface area (Å²) in [5, 5.41) is 18.3. The Morgan fingerprint density at radius 2 is 0.434 bits per heavy atom. The average Bonchev–Trinajstić information content (AvgIpc) is 1.54. The normalized spacial score (nSPS) is 11.9. The molecule has 0 saturated carbocycles. The van der Waals surface area contributed by atoms with Crippen molar-refractivity contribution >= 4 is 153 Å². The molecule has 18 aromatic carbocycles. The standard InChI is InChI=1S/2C55H33N5O/c1-4-16-34(17-5-1)53-56-54(35-18-6-2-7-19-35)58-55(57-53)44-33-51-52(41-25-11-10-22-38(41)44)45-30-37(28-29-50(45)61-51)60-47-27-15-13-24-40(47)43-31-48-42(32-49(43)60)39-23-12-14-26-46(39)59(48)36-20-8-3-9-21-36;1-4-16-34(17-5-1)53-56-54(35-18-6-2-7-19-35)58-55(57-53)42-33-49-50(39-23-11-10-22-38(39)42)43-32-37(28-31-48(43)61-49)60-45-27-15-13-25-41(45)52-47(60)30-29-46-51(52)40-24-12-14-26-44(40)59(46)36-20-8-3-9-21-36/h2*1-33H. The van der Waals surface area contributed by atoms with Crippen molar-refractivity contribution in [3.8, 4) is 91.1 Å². The van der Waals surface area contributed by atoms with Gasteiger partial charge in [0.1, 0.15) is 22.3 Å². The van der Waals surface area contributed by atoms with Crippen molar-refractivity contribution in [1.29, 1.82) is 0 Å². The summed E-state index contributed by atoms with van der Waals surface area (Å²) in [6.07, 6.45) is 0. The minimum atomic E-state index is 0.595. The zero-order valence-corrected chi connectivity index (χ0v) is 65.4. The Morgan fingerprint density at radius 1 is 0.156 bits per heavy atom. The molecule has 26 aromatic rings. The fraction of sp³-hybridized carbons (Fsp3) is 0. The molecule has 0 radical (unpaired) electrons. The van der Waals surface area contributed by atoms with Crippen LogP contribution in [0.25, 0.3) is 244 Å². The topological polar surface area (TPSA) is 123 Å². The number of hydrogen-bond acceptors (Lipinski definition) is 8. The monoisotopic (exact) mass is 1560 g/mol. The Hall–Kier alpha value is -16.7. The maximum Gasteiger partial charge on any atom is 0.164 e. The molecule has 0 fully saturated rings. The van der Waals surface area contributed by atoms with Crippen LogP contribution in [0.3, 0.4) is 0 Å². The molecule has 0 bridgehead atoms. The molecule has 0 atom stereocenters. The first-order valence-corrected chi connectivity index (χ1v) is 41.1. The van der Waals surface area contributed by atoms with Gasteiger partial charge in [-0.2, -0.15) is 0 Å². The van der Waals surface area contributed by atoms with E-state index in [4.69, 9.17) is 38.7 Å². The highest BCUT2D eigenvalue weighted by molar-refractivity contribution is 6.30. The lowest BCUT2D eigenvalue weighted by Gasteiger charge is -2.11. The SMILES string of the molecule is c1ccc(-c2nc(-c3ccccc3)nc(-c3cc4oc5ccc(-n6c7ccccc7c7c8c9ccccc9n(-c9ccccc9)c8ccc76)cc5c4c4ccccc34)n2)cc1.c1ccc(-c2nc(-c3ccccc3)nc(-c3cc4oc5ccc(-n6c7ccccc7c7cc8c(cc76)c6ccccc6n8-c6ccccc6)cc5c4c4ccccc34)n2)cc1. The van der Waals surface area contributed by atoms with Crippen LogP contribution >= 0.6 is 0 Å². The molecule has 12 heteroatoms. The maximum atomic E-state index is 6.77. The molecule has 122 heavy (non-hydrogen) atoms. The highest BCUT2D eigenvalue weighted by Gasteiger charge is 2.27. The molecule has 0 unspecified atom stereocenters. The number of furan rings is 2. The van der Waals surface area contributed by atoms with Crippen molar-refractivity contribution in [1.82, 2.24) is 48.2 Å². The van der Waals surface area contributed by atoms with E-state index >= 15 is 0 Å². The second kappa shape index (κ2) is 27.5. The Balaban J connectivity index is 0.000000134. The lowest BCUT2D eigenvalue weighted by atomic mass is 9.98. The van der Waals surface area contributed by atoms with E-state index in [0.29, 0.717) is 34.9 Å². The van der Waals surface area contributed by atoms with Gasteiger partial charge >= 0.3 is 0 Å². The molecule has 0 spiro atoms. The van der Waals surface area contributed by atoms with Gasteiger partial charge in [0, 0.05) is 121 Å². The predicted molar refractivity (Wildman–Crippen MR) is 499 cm³/mol. The van der Waals surface area contributed by atoms with Crippen LogP contribution in [-0.2, 0) is 0 Å². The zero-order valence-electron chi connectivity index (χ0n) is 65.4. The van der Waals surface area contributed by atoms with Gasteiger partial charge in [0.2, 0.25) is 0 Å². The second-order valence-corrected chi connectivity index (χ2v) is 31.1. The van der Waals surface area contributed by atoms with Gasteiger partial charge in [-0.25, -0.2) is 29.9 Å². The van der Waals surface area contributed by atoms with Crippen LogP contribution in [0, 0.1) is 0 Å². The molecule has 0 N–H and O–H groups in total. The van der Waals surface area contributed by atoms with Crippen molar-refractivity contribution < 1.29 is 8.83 Å². The van der Waals surface area contributed by atoms with Gasteiger partial charge in [-0.05, 0) is 143 Å². The van der Waals surface area contributed by atoms with E-state index in [2.05, 4.69) is 297 Å². The van der Waals surface area contributed by atoms with E-state index < -0.39 is 0 Å². The smallest absolute Gasteiger partial charge is 0.164 e. The zero-order chi connectivity index (χ0) is 80.0. The molecular formula is C110H66N10O2. The fourth-order valence-corrected chi connectivity index (χ4v) is 19.0. The van der Waals surface area contributed by atoms with Crippen molar-refractivity contribution in [3.05, 3.63) is 400 Å². The highest BCUT2D eigenvalue weighted by atomic mass is 16.3. The molecule has 8 aromatic heterocycles. The van der Waals surface area contributed by atoms with Gasteiger partial charge in [-0.15, -0.1) is 0 Å². The number of nitrogens with zero attached hydrogens (tertiary/aromatic N) is 10. The summed E-state index contributed by atoms with van der Waals surface area (Å²) in [4.78, 5) is 30.3. The van der Waals surface area contributed by atoms with Crippen LogP contribution in [0.5, 0.6) is 0 Å². The predicted octanol–water partition coefficient (Wildman–Crippen LogP) is 28.2. The first-order valence-electron chi connectivity index (χ1n) is 41.1. The van der Waals surface area contributed by atoms with E-state index in [0.717, 1.165) is 144 Å². The Labute approximate surface area is 696 Å². The molecule has 0 amide bonds. The van der Waals surface area contributed by atoms with Gasteiger partial charge in [0.25, 0.3) is 0 Å². The number of benzene rings is 18. The summed E-state index contributed by atoms with van der Waals surface area (Å²) in [6, 6.07) is 140. The van der Waals surface area contributed by atoms with Crippen molar-refractivity contribution in [2.45, 2.75) is 0 Å². The molecule has 8 heterocycles. The van der Waals surface area contributed by atoms with Crippen molar-refractivity contribution in [3.63, 3.8) is 0 Å². The van der Waals surface area contributed by atoms with E-state index in [9.17, 15) is 0 Å². The first kappa shape index (κ1) is 68.5. The van der Waals surface area contributed by atoms with Gasteiger partial charge < -0.3 is 27.1 Å². The summed E-state index contributed by atoms with van der Waals surface area (Å²) in [6.45, 7) is 0. The van der Waals surface area contributed by atoms with Gasteiger partial charge in [-0.1, -0.05) is 279 Å². The largest absolute Gasteiger partial charge is 0.456 e. The van der Waals surface area contributed by atoms with Crippen LogP contribution in [0.2, 0.25) is 0 Å². The summed E-state index contributed by atoms with van der Waals surface area (Å²) >= 11 is 0. The number of hydrogen-bond donors (Lipinski definition) is 0. The van der Waals surface area contributed by atoms with Crippen molar-refractivity contribution in [2.75, 3.05) is 0 Å². The quantitative estimate of drug-likeness (QED) is 0.133. The Kier molecular flexibility index (Phi) is 15.4. The minimum Gasteiger partial charge on any atom is -0.456 e. The number of fused-ring (bicyclic) bond motifs is 23. The van der Waals surface area contributed by atoms with Crippen LogP contribution in [0.1, 0.15) is 0 Å². The summed E-state index contributed by atoms with van der Waals surface area (Å²) in [5.41, 5.74) is 22.5. The number of rotatable bonds is 10. The third-order valence-corrected chi connectivity index (χ3v) is 24.3.